The number of halogens is 1. The summed E-state index contributed by atoms with van der Waals surface area (Å²) in [5.74, 6) is 1.42. The van der Waals surface area contributed by atoms with E-state index in [2.05, 4.69) is 10.2 Å². The summed E-state index contributed by atoms with van der Waals surface area (Å²) in [5.41, 5.74) is 0.885. The fourth-order valence-corrected chi connectivity index (χ4v) is 3.96. The molecule has 31 heavy (non-hydrogen) atoms. The van der Waals surface area contributed by atoms with Gasteiger partial charge in [0.15, 0.2) is 6.61 Å². The number of carbonyl (C=O) groups is 2. The summed E-state index contributed by atoms with van der Waals surface area (Å²) in [5, 5.41) is 12.5. The first kappa shape index (κ1) is 21.3. The van der Waals surface area contributed by atoms with Crippen LogP contribution < -0.4 is 4.74 Å². The summed E-state index contributed by atoms with van der Waals surface area (Å²) in [6.45, 7) is 1.92. The van der Waals surface area contributed by atoms with Gasteiger partial charge in [0.1, 0.15) is 5.75 Å². The number of benzene rings is 1. The maximum Gasteiger partial charge on any atom is 0.260 e. The maximum atomic E-state index is 12.5. The fraction of sp³-hybridized carbons (Fsp3) is 0.333. The molecule has 162 valence electrons. The predicted octanol–water partition coefficient (Wildman–Crippen LogP) is 3.13. The highest BCUT2D eigenvalue weighted by Crippen LogP contribution is 2.21. The Hall–Kier alpha value is -2.91. The average Bonchev–Trinajstić information content (AvgIpc) is 3.49. The van der Waals surface area contributed by atoms with Crippen molar-refractivity contribution in [3.05, 3.63) is 52.0 Å². The normalized spacial score (nSPS) is 14.0. The number of hydrogen-bond acceptors (Lipinski definition) is 7. The molecule has 1 aliphatic heterocycles. The van der Waals surface area contributed by atoms with Crippen molar-refractivity contribution in [1.82, 2.24) is 20.0 Å². The monoisotopic (exact) mass is 460 g/mol. The largest absolute Gasteiger partial charge is 0.484 e. The molecular formula is C21H21ClN4O4S. The predicted molar refractivity (Wildman–Crippen MR) is 116 cm³/mol. The zero-order valence-corrected chi connectivity index (χ0v) is 18.3. The smallest absolute Gasteiger partial charge is 0.260 e. The van der Waals surface area contributed by atoms with Crippen molar-refractivity contribution < 1.29 is 18.7 Å². The van der Waals surface area contributed by atoms with Crippen LogP contribution in [-0.2, 0) is 16.0 Å². The molecule has 0 N–H and O–H groups in total. The van der Waals surface area contributed by atoms with E-state index in [0.29, 0.717) is 61.6 Å². The molecule has 0 aliphatic carbocycles. The lowest BCUT2D eigenvalue weighted by Gasteiger charge is -2.34. The molecule has 1 aromatic carbocycles. The summed E-state index contributed by atoms with van der Waals surface area (Å²) >= 11 is 7.40. The Balaban J connectivity index is 1.19. The molecule has 0 bridgehead atoms. The Morgan fingerprint density at radius 1 is 1.03 bits per heavy atom. The Morgan fingerprint density at radius 2 is 1.74 bits per heavy atom. The third kappa shape index (κ3) is 5.62. The van der Waals surface area contributed by atoms with Gasteiger partial charge < -0.3 is 19.0 Å². The van der Waals surface area contributed by atoms with Gasteiger partial charge in [0, 0.05) is 55.0 Å². The zero-order valence-electron chi connectivity index (χ0n) is 16.7. The standard InChI is InChI=1S/C21H21ClN4O4S/c22-16-1-3-17(4-2-16)29-13-20(28)26-10-8-25(9-11-26)19(27)6-5-18-23-24-21(30-18)15-7-12-31-14-15/h1-4,7,12,14H,5-6,8-11,13H2. The molecule has 3 aromatic rings. The summed E-state index contributed by atoms with van der Waals surface area (Å²) in [6.07, 6.45) is 0.683. The number of amides is 2. The lowest BCUT2D eigenvalue weighted by molar-refractivity contribution is -0.140. The maximum absolute atomic E-state index is 12.5. The molecule has 10 heteroatoms. The number of carbonyl (C=O) groups excluding carboxylic acids is 2. The molecular weight excluding hydrogens is 440 g/mol. The van der Waals surface area contributed by atoms with E-state index >= 15 is 0 Å². The van der Waals surface area contributed by atoms with Crippen molar-refractivity contribution in [1.29, 1.82) is 0 Å². The molecule has 0 radical (unpaired) electrons. The molecule has 4 rings (SSSR count). The minimum Gasteiger partial charge on any atom is -0.484 e. The average molecular weight is 461 g/mol. The van der Waals surface area contributed by atoms with Crippen molar-refractivity contribution >= 4 is 34.8 Å². The molecule has 2 amide bonds. The van der Waals surface area contributed by atoms with Gasteiger partial charge in [-0.3, -0.25) is 9.59 Å². The number of rotatable bonds is 7. The van der Waals surface area contributed by atoms with Crippen LogP contribution in [0.1, 0.15) is 12.3 Å². The van der Waals surface area contributed by atoms with Crippen LogP contribution in [0, 0.1) is 0 Å². The number of piperazine rings is 1. The molecule has 0 saturated carbocycles. The van der Waals surface area contributed by atoms with Gasteiger partial charge in [-0.05, 0) is 35.7 Å². The Bertz CT molecular complexity index is 1010. The van der Waals surface area contributed by atoms with Gasteiger partial charge in [-0.25, -0.2) is 0 Å². The summed E-state index contributed by atoms with van der Waals surface area (Å²) < 4.78 is 11.1. The summed E-state index contributed by atoms with van der Waals surface area (Å²) in [6, 6.07) is 8.78. The van der Waals surface area contributed by atoms with Gasteiger partial charge in [-0.2, -0.15) is 11.3 Å². The number of ether oxygens (including phenoxy) is 1. The molecule has 0 unspecified atom stereocenters. The highest BCUT2D eigenvalue weighted by Gasteiger charge is 2.24. The fourth-order valence-electron chi connectivity index (χ4n) is 3.20. The molecule has 1 saturated heterocycles. The minimum atomic E-state index is -0.103. The van der Waals surface area contributed by atoms with E-state index in [1.807, 2.05) is 16.8 Å². The molecule has 0 atom stereocenters. The summed E-state index contributed by atoms with van der Waals surface area (Å²) in [7, 11) is 0. The molecule has 1 fully saturated rings. The second-order valence-electron chi connectivity index (χ2n) is 7.02. The number of aromatic nitrogens is 2. The van der Waals surface area contributed by atoms with Crippen LogP contribution in [0.4, 0.5) is 0 Å². The van der Waals surface area contributed by atoms with E-state index < -0.39 is 0 Å². The topological polar surface area (TPSA) is 88.8 Å². The van der Waals surface area contributed by atoms with Gasteiger partial charge in [-0.15, -0.1) is 10.2 Å². The number of aryl methyl sites for hydroxylation is 1. The zero-order chi connectivity index (χ0) is 21.6. The number of hydrogen-bond donors (Lipinski definition) is 0. The number of nitrogens with zero attached hydrogens (tertiary/aromatic N) is 4. The molecule has 0 spiro atoms. The second kappa shape index (κ2) is 9.93. The second-order valence-corrected chi connectivity index (χ2v) is 8.23. The van der Waals surface area contributed by atoms with Crippen molar-refractivity contribution in [3.63, 3.8) is 0 Å². The van der Waals surface area contributed by atoms with E-state index in [-0.39, 0.29) is 18.4 Å². The van der Waals surface area contributed by atoms with Crippen LogP contribution in [0.3, 0.4) is 0 Å². The van der Waals surface area contributed by atoms with Gasteiger partial charge >= 0.3 is 0 Å². The molecule has 3 heterocycles. The quantitative estimate of drug-likeness (QED) is 0.538. The third-order valence-corrected chi connectivity index (χ3v) is 5.88. The van der Waals surface area contributed by atoms with Gasteiger partial charge in [0.05, 0.1) is 0 Å². The lowest BCUT2D eigenvalue weighted by atomic mass is 10.2. The lowest BCUT2D eigenvalue weighted by Crippen LogP contribution is -2.51. The highest BCUT2D eigenvalue weighted by atomic mass is 35.5. The van der Waals surface area contributed by atoms with Crippen molar-refractivity contribution in [3.8, 4) is 17.2 Å². The van der Waals surface area contributed by atoms with Gasteiger partial charge in [0.2, 0.25) is 17.7 Å². The van der Waals surface area contributed by atoms with E-state index in [9.17, 15) is 9.59 Å². The Kier molecular flexibility index (Phi) is 6.83. The molecule has 8 nitrogen and oxygen atoms in total. The van der Waals surface area contributed by atoms with Crippen LogP contribution in [0.2, 0.25) is 5.02 Å². The number of thiophene rings is 1. The first-order valence-electron chi connectivity index (χ1n) is 9.87. The van der Waals surface area contributed by atoms with Gasteiger partial charge in [0.25, 0.3) is 5.91 Å². The Morgan fingerprint density at radius 3 is 2.42 bits per heavy atom. The van der Waals surface area contributed by atoms with Crippen LogP contribution >= 0.6 is 22.9 Å². The van der Waals surface area contributed by atoms with Crippen molar-refractivity contribution in [2.24, 2.45) is 0 Å². The van der Waals surface area contributed by atoms with E-state index in [0.717, 1.165) is 5.56 Å². The van der Waals surface area contributed by atoms with Crippen molar-refractivity contribution in [2.75, 3.05) is 32.8 Å². The van der Waals surface area contributed by atoms with Crippen molar-refractivity contribution in [2.45, 2.75) is 12.8 Å². The van der Waals surface area contributed by atoms with Crippen LogP contribution in [0.5, 0.6) is 5.75 Å². The first-order chi connectivity index (χ1) is 15.1. The first-order valence-corrected chi connectivity index (χ1v) is 11.2. The highest BCUT2D eigenvalue weighted by molar-refractivity contribution is 7.08. The van der Waals surface area contributed by atoms with Gasteiger partial charge in [-0.1, -0.05) is 11.6 Å². The SMILES string of the molecule is O=C(CCc1nnc(-c2ccsc2)o1)N1CCN(C(=O)COc2ccc(Cl)cc2)CC1. The third-order valence-electron chi connectivity index (χ3n) is 4.95. The van der Waals surface area contributed by atoms with E-state index in [1.54, 1.807) is 45.4 Å². The van der Waals surface area contributed by atoms with E-state index in [1.165, 1.54) is 0 Å². The van der Waals surface area contributed by atoms with Crippen LogP contribution in [-0.4, -0.2) is 64.6 Å². The minimum absolute atomic E-state index is 0.0137. The molecule has 2 aromatic heterocycles. The van der Waals surface area contributed by atoms with Crippen LogP contribution in [0.25, 0.3) is 11.5 Å². The van der Waals surface area contributed by atoms with E-state index in [4.69, 9.17) is 20.8 Å². The van der Waals surface area contributed by atoms with Crippen LogP contribution in [0.15, 0.2) is 45.5 Å². The molecule has 1 aliphatic rings. The Labute approximate surface area is 188 Å². The summed E-state index contributed by atoms with van der Waals surface area (Å²) in [4.78, 5) is 28.4.